The maximum atomic E-state index is 3.41. The largest absolute Gasteiger partial charge is 0.345 e. The van der Waals surface area contributed by atoms with Crippen molar-refractivity contribution in [1.82, 2.24) is 4.57 Å². The summed E-state index contributed by atoms with van der Waals surface area (Å²) in [7, 11) is 2.13. The van der Waals surface area contributed by atoms with Gasteiger partial charge in [-0.25, -0.2) is 0 Å². The van der Waals surface area contributed by atoms with E-state index in [1.807, 2.05) is 6.07 Å². The van der Waals surface area contributed by atoms with Gasteiger partial charge < -0.3 is 9.47 Å². The zero-order valence-electron chi connectivity index (χ0n) is 33.0. The molecule has 272 valence electrons. The maximum absolute atomic E-state index is 3.41. The molecule has 0 aliphatic heterocycles. The molecule has 1 heterocycles. The molecule has 0 amide bonds. The van der Waals surface area contributed by atoms with Crippen molar-refractivity contribution >= 4 is 33.2 Å². The summed E-state index contributed by atoms with van der Waals surface area (Å²) in [5, 5.41) is 2.49. The fraction of sp³-hybridized carbons (Fsp3) is 0.127. The van der Waals surface area contributed by atoms with Crippen LogP contribution in [0.25, 0.3) is 72.0 Å². The van der Waals surface area contributed by atoms with Crippen LogP contribution in [-0.2, 0) is 10.8 Å². The first-order valence-electron chi connectivity index (χ1n) is 20.0. The number of fused-ring (bicyclic) bond motifs is 9. The summed E-state index contributed by atoms with van der Waals surface area (Å²) in [6, 6.07) is 67.3. The number of para-hydroxylation sites is 1. The van der Waals surface area contributed by atoms with Crippen LogP contribution in [0, 0.1) is 12.1 Å². The number of hydrogen-bond acceptors (Lipinski definition) is 1. The van der Waals surface area contributed by atoms with Crippen molar-refractivity contribution in [2.24, 2.45) is 0 Å². The second-order valence-electron chi connectivity index (χ2n) is 16.9. The number of hydrogen-bond donors (Lipinski definition) is 0. The van der Waals surface area contributed by atoms with Crippen LogP contribution in [0.5, 0.6) is 0 Å². The lowest BCUT2D eigenvalue weighted by Crippen LogP contribution is -2.14. The number of aromatic nitrogens is 1. The third-order valence-electron chi connectivity index (χ3n) is 13.1. The molecule has 1 aromatic heterocycles. The van der Waals surface area contributed by atoms with Crippen molar-refractivity contribution in [2.45, 2.75) is 38.5 Å². The van der Waals surface area contributed by atoms with Crippen LogP contribution < -0.4 is 4.90 Å². The van der Waals surface area contributed by atoms with E-state index >= 15 is 0 Å². The smallest absolute Gasteiger partial charge is 0.0541 e. The van der Waals surface area contributed by atoms with Gasteiger partial charge in [0.1, 0.15) is 0 Å². The molecule has 0 radical (unpaired) electrons. The van der Waals surface area contributed by atoms with E-state index in [1.165, 1.54) is 88.6 Å². The average Bonchev–Trinajstić information content (AvgIpc) is 3.79. The fourth-order valence-electron chi connectivity index (χ4n) is 9.90. The molecule has 11 rings (SSSR count). The van der Waals surface area contributed by atoms with Crippen LogP contribution in [0.2, 0.25) is 0 Å². The van der Waals surface area contributed by atoms with Crippen LogP contribution in [0.4, 0.5) is 11.4 Å². The summed E-state index contributed by atoms with van der Waals surface area (Å²) in [6.45, 7) is 9.38. The summed E-state index contributed by atoms with van der Waals surface area (Å²) in [5.41, 5.74) is 21.2. The Bertz CT molecular complexity index is 2900. The Balaban J connectivity index is 1.07. The van der Waals surface area contributed by atoms with Gasteiger partial charge in [0.2, 0.25) is 0 Å². The Morgan fingerprint density at radius 3 is 1.67 bits per heavy atom. The Kier molecular flexibility index (Phi) is 7.11. The molecule has 8 aromatic carbocycles. The molecule has 0 bridgehead atoms. The highest BCUT2D eigenvalue weighted by Gasteiger charge is 2.36. The number of nitrogens with zero attached hydrogens (tertiary/aromatic N) is 2. The zero-order valence-corrected chi connectivity index (χ0v) is 33.0. The summed E-state index contributed by atoms with van der Waals surface area (Å²) in [4.78, 5) is 2.23. The first kappa shape index (κ1) is 33.5. The minimum absolute atomic E-state index is 0.0558. The lowest BCUT2D eigenvalue weighted by molar-refractivity contribution is 0.660. The molecule has 9 aromatic rings. The van der Waals surface area contributed by atoms with Gasteiger partial charge in [-0.05, 0) is 146 Å². The van der Waals surface area contributed by atoms with Crippen molar-refractivity contribution in [1.29, 1.82) is 0 Å². The van der Waals surface area contributed by atoms with Crippen molar-refractivity contribution in [2.75, 3.05) is 11.9 Å². The van der Waals surface area contributed by atoms with E-state index < -0.39 is 0 Å². The minimum atomic E-state index is -0.103. The molecule has 0 unspecified atom stereocenters. The summed E-state index contributed by atoms with van der Waals surface area (Å²) in [5.74, 6) is 0. The first-order valence-corrected chi connectivity index (χ1v) is 20.0. The molecule has 0 saturated heterocycles. The molecule has 2 heteroatoms. The van der Waals surface area contributed by atoms with Gasteiger partial charge in [-0.3, -0.25) is 0 Å². The Hall–Kier alpha value is -6.82. The van der Waals surface area contributed by atoms with Crippen molar-refractivity contribution in [3.63, 3.8) is 0 Å². The SMILES string of the molecule is CN(c1ccccc1)c1ccc(-n2c3ccc(-c4ccc5c(c4)C(C)(C)c4ccc#cc4-5)cc3c3cc(-c4ccc5c(c4)C(C)(C)c4ccccc4-5)ccc32)cc1. The van der Waals surface area contributed by atoms with Crippen molar-refractivity contribution < 1.29 is 0 Å². The summed E-state index contributed by atoms with van der Waals surface area (Å²) >= 11 is 0. The monoisotopic (exact) mass is 730 g/mol. The quantitative estimate of drug-likeness (QED) is 0.171. The van der Waals surface area contributed by atoms with Crippen molar-refractivity contribution in [3.05, 3.63) is 198 Å². The van der Waals surface area contributed by atoms with Crippen LogP contribution >= 0.6 is 0 Å². The van der Waals surface area contributed by atoms with E-state index in [0.29, 0.717) is 0 Å². The Morgan fingerprint density at radius 1 is 0.456 bits per heavy atom. The molecule has 2 aliphatic rings. The van der Waals surface area contributed by atoms with Crippen LogP contribution in [0.3, 0.4) is 0 Å². The molecule has 0 atom stereocenters. The van der Waals surface area contributed by atoms with E-state index in [-0.39, 0.29) is 10.8 Å². The molecule has 0 fully saturated rings. The van der Waals surface area contributed by atoms with E-state index in [4.69, 9.17) is 0 Å². The van der Waals surface area contributed by atoms with Gasteiger partial charge in [-0.15, -0.1) is 0 Å². The molecule has 0 spiro atoms. The molecule has 57 heavy (non-hydrogen) atoms. The molecular formula is C55H42N2. The standard InChI is InChI=1S/C55H42N2/c1-54(2)48-17-11-9-15-42(48)44-27-19-37(33-50(44)54)35-21-29-52-46(31-35)47-32-36(38-20-28-45-43-16-10-12-18-49(43)55(3,4)51(45)34-38)22-30-53(47)57(52)41-25-23-40(24-26-41)56(5)39-13-7-6-8-14-39/h6-9,11-15,17-34H,1-5H3. The van der Waals surface area contributed by atoms with Gasteiger partial charge in [0.25, 0.3) is 0 Å². The predicted octanol–water partition coefficient (Wildman–Crippen LogP) is 14.1. The predicted molar refractivity (Wildman–Crippen MR) is 239 cm³/mol. The lowest BCUT2D eigenvalue weighted by Gasteiger charge is -2.22. The first-order chi connectivity index (χ1) is 27.7. The van der Waals surface area contributed by atoms with Crippen LogP contribution in [-0.4, -0.2) is 11.6 Å². The second-order valence-corrected chi connectivity index (χ2v) is 16.9. The van der Waals surface area contributed by atoms with Gasteiger partial charge in [-0.2, -0.15) is 0 Å². The third-order valence-corrected chi connectivity index (χ3v) is 13.1. The molecule has 2 aliphatic carbocycles. The third kappa shape index (κ3) is 4.92. The van der Waals surface area contributed by atoms with Gasteiger partial charge in [-0.1, -0.05) is 119 Å². The Morgan fingerprint density at radius 2 is 0.982 bits per heavy atom. The van der Waals surface area contributed by atoms with Gasteiger partial charge in [0, 0.05) is 51.3 Å². The second kappa shape index (κ2) is 12.1. The van der Waals surface area contributed by atoms with Gasteiger partial charge >= 0.3 is 0 Å². The number of benzene rings is 7. The van der Waals surface area contributed by atoms with Gasteiger partial charge in [0.05, 0.1) is 11.0 Å². The van der Waals surface area contributed by atoms with E-state index in [9.17, 15) is 0 Å². The van der Waals surface area contributed by atoms with E-state index in [2.05, 4.69) is 214 Å². The summed E-state index contributed by atoms with van der Waals surface area (Å²) in [6.07, 6.45) is 0. The maximum Gasteiger partial charge on any atom is 0.0541 e. The Labute approximate surface area is 335 Å². The van der Waals surface area contributed by atoms with Gasteiger partial charge in [0.15, 0.2) is 0 Å². The average molecular weight is 731 g/mol. The minimum Gasteiger partial charge on any atom is -0.345 e. The molecule has 2 nitrogen and oxygen atoms in total. The lowest BCUT2D eigenvalue weighted by atomic mass is 9.81. The van der Waals surface area contributed by atoms with Crippen LogP contribution in [0.1, 0.15) is 49.9 Å². The highest BCUT2D eigenvalue weighted by Crippen LogP contribution is 2.51. The number of anilines is 2. The summed E-state index contributed by atoms with van der Waals surface area (Å²) < 4.78 is 2.43. The van der Waals surface area contributed by atoms with Crippen molar-refractivity contribution in [3.8, 4) is 50.2 Å². The van der Waals surface area contributed by atoms with Crippen LogP contribution in [0.15, 0.2) is 164 Å². The highest BCUT2D eigenvalue weighted by molar-refractivity contribution is 6.12. The normalized spacial score (nSPS) is 14.2. The van der Waals surface area contributed by atoms with E-state index in [1.54, 1.807) is 0 Å². The number of rotatable bonds is 5. The zero-order chi connectivity index (χ0) is 38.6. The fourth-order valence-corrected chi connectivity index (χ4v) is 9.90. The molecule has 0 N–H and O–H groups in total. The van der Waals surface area contributed by atoms with E-state index in [0.717, 1.165) is 17.1 Å². The highest BCUT2D eigenvalue weighted by atomic mass is 15.1. The molecule has 0 saturated carbocycles. The molecular weight excluding hydrogens is 689 g/mol. The topological polar surface area (TPSA) is 8.17 Å².